The van der Waals surface area contributed by atoms with E-state index in [0.29, 0.717) is 42.9 Å². The maximum atomic E-state index is 13.2. The number of piperazine rings is 1. The zero-order chi connectivity index (χ0) is 22.9. The van der Waals surface area contributed by atoms with E-state index in [-0.39, 0.29) is 30.1 Å². The van der Waals surface area contributed by atoms with Gasteiger partial charge in [-0.05, 0) is 54.1 Å². The van der Waals surface area contributed by atoms with Gasteiger partial charge in [-0.25, -0.2) is 4.39 Å². The van der Waals surface area contributed by atoms with Gasteiger partial charge in [-0.2, -0.15) is 0 Å². The Bertz CT molecular complexity index is 1200. The number of imide groups is 1. The lowest BCUT2D eigenvalue weighted by molar-refractivity contribution is 0.0642. The molecular weight excluding hydrogens is 421 g/mol. The minimum Gasteiger partial charge on any atom is -0.368 e. The number of nitrogens with zero attached hydrogens (tertiary/aromatic N) is 3. The first-order valence-corrected chi connectivity index (χ1v) is 10.9. The molecule has 3 aromatic carbocycles. The molecule has 0 aromatic heterocycles. The fourth-order valence-corrected chi connectivity index (χ4v) is 4.37. The minimum absolute atomic E-state index is 0.0852. The summed E-state index contributed by atoms with van der Waals surface area (Å²) in [7, 11) is 0. The second-order valence-corrected chi connectivity index (χ2v) is 8.20. The van der Waals surface area contributed by atoms with Crippen molar-refractivity contribution in [3.8, 4) is 0 Å². The molecule has 3 aromatic rings. The normalized spacial score (nSPS) is 15.7. The number of benzene rings is 3. The molecule has 0 saturated carbocycles. The van der Waals surface area contributed by atoms with Crippen LogP contribution < -0.4 is 4.90 Å². The lowest BCUT2D eigenvalue weighted by Crippen LogP contribution is -2.48. The topological polar surface area (TPSA) is 60.9 Å². The first-order chi connectivity index (χ1) is 16.0. The Morgan fingerprint density at radius 1 is 0.788 bits per heavy atom. The molecule has 166 valence electrons. The van der Waals surface area contributed by atoms with E-state index in [1.807, 2.05) is 6.07 Å². The van der Waals surface area contributed by atoms with Crippen molar-refractivity contribution >= 4 is 23.4 Å². The van der Waals surface area contributed by atoms with Gasteiger partial charge in [-0.15, -0.1) is 0 Å². The van der Waals surface area contributed by atoms with Crippen molar-refractivity contribution in [3.05, 3.63) is 101 Å². The lowest BCUT2D eigenvalue weighted by atomic mass is 10.1. The summed E-state index contributed by atoms with van der Waals surface area (Å²) >= 11 is 0. The van der Waals surface area contributed by atoms with Crippen molar-refractivity contribution < 1.29 is 18.8 Å². The number of halogens is 1. The standard InChI is InChI=1S/C26H22FN3O3/c27-20-8-10-21(11-9-20)28-12-14-29(15-13-28)24(31)19-5-3-4-18(16-19)17-30-25(32)22-6-1-2-7-23(22)26(30)33/h1-11,16H,12-15,17H2. The van der Waals surface area contributed by atoms with Crippen LogP contribution in [0.3, 0.4) is 0 Å². The number of anilines is 1. The molecule has 0 spiro atoms. The van der Waals surface area contributed by atoms with Crippen LogP contribution in [0.2, 0.25) is 0 Å². The molecule has 5 rings (SSSR count). The van der Waals surface area contributed by atoms with Gasteiger partial charge >= 0.3 is 0 Å². The van der Waals surface area contributed by atoms with E-state index in [9.17, 15) is 18.8 Å². The Balaban J connectivity index is 1.25. The summed E-state index contributed by atoms with van der Waals surface area (Å²) in [6.07, 6.45) is 0. The number of carbonyl (C=O) groups is 3. The molecule has 0 atom stereocenters. The maximum absolute atomic E-state index is 13.2. The first-order valence-electron chi connectivity index (χ1n) is 10.9. The first kappa shape index (κ1) is 20.9. The van der Waals surface area contributed by atoms with Crippen molar-refractivity contribution in [2.45, 2.75) is 6.54 Å². The van der Waals surface area contributed by atoms with Crippen molar-refractivity contribution in [2.24, 2.45) is 0 Å². The maximum Gasteiger partial charge on any atom is 0.261 e. The van der Waals surface area contributed by atoms with Crippen LogP contribution in [0.15, 0.2) is 72.8 Å². The summed E-state index contributed by atoms with van der Waals surface area (Å²) < 4.78 is 13.2. The van der Waals surface area contributed by atoms with Gasteiger partial charge in [0.05, 0.1) is 17.7 Å². The summed E-state index contributed by atoms with van der Waals surface area (Å²) in [5.41, 5.74) is 3.01. The molecule has 1 fully saturated rings. The molecule has 0 unspecified atom stereocenters. The van der Waals surface area contributed by atoms with E-state index in [1.54, 1.807) is 59.5 Å². The van der Waals surface area contributed by atoms with Crippen molar-refractivity contribution in [1.82, 2.24) is 9.80 Å². The summed E-state index contributed by atoms with van der Waals surface area (Å²) in [5, 5.41) is 0. The average Bonchev–Trinajstić information content (AvgIpc) is 3.09. The van der Waals surface area contributed by atoms with E-state index >= 15 is 0 Å². The van der Waals surface area contributed by atoms with Crippen LogP contribution in [0.4, 0.5) is 10.1 Å². The fraction of sp³-hybridized carbons (Fsp3) is 0.192. The highest BCUT2D eigenvalue weighted by Gasteiger charge is 2.35. The molecule has 1 saturated heterocycles. The highest BCUT2D eigenvalue weighted by atomic mass is 19.1. The van der Waals surface area contributed by atoms with Gasteiger partial charge in [-0.1, -0.05) is 24.3 Å². The molecule has 0 radical (unpaired) electrons. The monoisotopic (exact) mass is 443 g/mol. The fourth-order valence-electron chi connectivity index (χ4n) is 4.37. The third-order valence-electron chi connectivity index (χ3n) is 6.15. The Kier molecular flexibility index (Phi) is 5.38. The van der Waals surface area contributed by atoms with E-state index in [4.69, 9.17) is 0 Å². The largest absolute Gasteiger partial charge is 0.368 e. The summed E-state index contributed by atoms with van der Waals surface area (Å²) in [6.45, 7) is 2.54. The van der Waals surface area contributed by atoms with Gasteiger partial charge in [-0.3, -0.25) is 19.3 Å². The van der Waals surface area contributed by atoms with Crippen LogP contribution in [0.25, 0.3) is 0 Å². The predicted molar refractivity (Wildman–Crippen MR) is 122 cm³/mol. The van der Waals surface area contributed by atoms with Crippen LogP contribution in [0, 0.1) is 5.82 Å². The van der Waals surface area contributed by atoms with Gasteiger partial charge in [0, 0.05) is 37.4 Å². The van der Waals surface area contributed by atoms with Gasteiger partial charge in [0.1, 0.15) is 5.82 Å². The third kappa shape index (κ3) is 3.98. The molecular formula is C26H22FN3O3. The summed E-state index contributed by atoms with van der Waals surface area (Å²) in [5.74, 6) is -0.986. The van der Waals surface area contributed by atoms with E-state index in [2.05, 4.69) is 4.90 Å². The highest BCUT2D eigenvalue weighted by molar-refractivity contribution is 6.21. The summed E-state index contributed by atoms with van der Waals surface area (Å²) in [6, 6.07) is 20.2. The van der Waals surface area contributed by atoms with Gasteiger partial charge < -0.3 is 9.80 Å². The molecule has 0 aliphatic carbocycles. The third-order valence-corrected chi connectivity index (χ3v) is 6.15. The zero-order valence-corrected chi connectivity index (χ0v) is 17.9. The number of fused-ring (bicyclic) bond motifs is 1. The average molecular weight is 443 g/mol. The molecule has 7 heteroatoms. The summed E-state index contributed by atoms with van der Waals surface area (Å²) in [4.78, 5) is 43.5. The van der Waals surface area contributed by atoms with Crippen LogP contribution in [0.1, 0.15) is 36.6 Å². The molecule has 6 nitrogen and oxygen atoms in total. The van der Waals surface area contributed by atoms with Gasteiger partial charge in [0.15, 0.2) is 0 Å². The Labute approximate surface area is 190 Å². The van der Waals surface area contributed by atoms with Crippen LogP contribution in [-0.2, 0) is 6.54 Å². The van der Waals surface area contributed by atoms with E-state index < -0.39 is 0 Å². The number of hydrogen-bond acceptors (Lipinski definition) is 4. The minimum atomic E-state index is -0.316. The van der Waals surface area contributed by atoms with Crippen molar-refractivity contribution in [1.29, 1.82) is 0 Å². The van der Waals surface area contributed by atoms with Crippen molar-refractivity contribution in [3.63, 3.8) is 0 Å². The molecule has 2 aliphatic rings. The zero-order valence-electron chi connectivity index (χ0n) is 17.9. The Hall–Kier alpha value is -4.00. The van der Waals surface area contributed by atoms with Crippen LogP contribution >= 0.6 is 0 Å². The molecule has 33 heavy (non-hydrogen) atoms. The highest BCUT2D eigenvalue weighted by Crippen LogP contribution is 2.25. The smallest absolute Gasteiger partial charge is 0.261 e. The molecule has 3 amide bonds. The van der Waals surface area contributed by atoms with Crippen LogP contribution in [-0.4, -0.2) is 53.7 Å². The van der Waals surface area contributed by atoms with Crippen molar-refractivity contribution in [2.75, 3.05) is 31.1 Å². The lowest BCUT2D eigenvalue weighted by Gasteiger charge is -2.36. The van der Waals surface area contributed by atoms with Gasteiger partial charge in [0.25, 0.3) is 17.7 Å². The molecule has 0 N–H and O–H groups in total. The number of amides is 3. The molecule has 2 aliphatic heterocycles. The second kappa shape index (κ2) is 8.50. The quantitative estimate of drug-likeness (QED) is 0.579. The Morgan fingerprint density at radius 2 is 1.42 bits per heavy atom. The SMILES string of the molecule is O=C(c1cccc(CN2C(=O)c3ccccc3C2=O)c1)N1CCN(c2ccc(F)cc2)CC1. The van der Waals surface area contributed by atoms with E-state index in [0.717, 1.165) is 11.3 Å². The van der Waals surface area contributed by atoms with Crippen LogP contribution in [0.5, 0.6) is 0 Å². The van der Waals surface area contributed by atoms with Gasteiger partial charge in [0.2, 0.25) is 0 Å². The second-order valence-electron chi connectivity index (χ2n) is 8.20. The number of carbonyl (C=O) groups excluding carboxylic acids is 3. The predicted octanol–water partition coefficient (Wildman–Crippen LogP) is 3.58. The molecule has 2 heterocycles. The number of hydrogen-bond donors (Lipinski definition) is 0. The Morgan fingerprint density at radius 3 is 2.06 bits per heavy atom. The van der Waals surface area contributed by atoms with E-state index in [1.165, 1.54) is 17.0 Å². The molecule has 0 bridgehead atoms. The number of rotatable bonds is 4.